The first-order valence-electron chi connectivity index (χ1n) is 15.3. The number of hydrogen-bond acceptors (Lipinski definition) is 9. The minimum absolute atomic E-state index is 0.417. The lowest BCUT2D eigenvalue weighted by Crippen LogP contribution is -2.37. The Hall–Kier alpha value is -4.15. The zero-order valence-electron chi connectivity index (χ0n) is 24.8. The van der Waals surface area contributed by atoms with Gasteiger partial charge in [0.15, 0.2) is 5.82 Å². The molecule has 0 bridgehead atoms. The summed E-state index contributed by atoms with van der Waals surface area (Å²) >= 11 is 0. The molecule has 0 spiro atoms. The molecule has 0 saturated heterocycles. The Balaban J connectivity index is 1.22. The second-order valence-corrected chi connectivity index (χ2v) is 10.8. The smallest absolute Gasteiger partial charge is 0.326 e. The van der Waals surface area contributed by atoms with Gasteiger partial charge in [-0.1, -0.05) is 18.2 Å². The van der Waals surface area contributed by atoms with E-state index in [0.717, 1.165) is 79.7 Å². The molecule has 10 heteroatoms. The topological polar surface area (TPSA) is 125 Å². The highest BCUT2D eigenvalue weighted by Gasteiger charge is 2.21. The third-order valence-corrected chi connectivity index (χ3v) is 7.73. The van der Waals surface area contributed by atoms with E-state index in [-0.39, 0.29) is 0 Å². The molecule has 5 rings (SSSR count). The van der Waals surface area contributed by atoms with E-state index in [0.29, 0.717) is 37.8 Å². The van der Waals surface area contributed by atoms with Crippen molar-refractivity contribution >= 4 is 28.5 Å². The number of anilines is 2. The number of aliphatic carboxylic acids is 1. The number of carboxylic acid groups (broad SMARTS) is 1. The van der Waals surface area contributed by atoms with E-state index in [2.05, 4.69) is 32.7 Å². The molecule has 1 aliphatic heterocycles. The third kappa shape index (κ3) is 8.46. The molecule has 3 aromatic heterocycles. The number of carbonyl (C=O) groups is 1. The number of aromatic nitrogens is 4. The third-order valence-electron chi connectivity index (χ3n) is 7.73. The van der Waals surface area contributed by atoms with Crippen LogP contribution in [0, 0.1) is 0 Å². The Labute approximate surface area is 253 Å². The molecule has 226 valence electrons. The van der Waals surface area contributed by atoms with Gasteiger partial charge in [-0.25, -0.2) is 19.7 Å². The molecule has 0 saturated carbocycles. The van der Waals surface area contributed by atoms with E-state index in [1.165, 1.54) is 5.56 Å². The summed E-state index contributed by atoms with van der Waals surface area (Å²) in [6, 6.07) is 14.9. The molecule has 0 amide bonds. The van der Waals surface area contributed by atoms with Crippen LogP contribution in [0.5, 0.6) is 0 Å². The number of pyridine rings is 2. The zero-order valence-corrected chi connectivity index (χ0v) is 24.8. The number of carboxylic acids is 1. The number of nitrogens with zero attached hydrogens (tertiary/aromatic N) is 5. The Morgan fingerprint density at radius 3 is 2.81 bits per heavy atom. The molecule has 4 heterocycles. The van der Waals surface area contributed by atoms with Crippen LogP contribution in [0.15, 0.2) is 60.9 Å². The van der Waals surface area contributed by atoms with Crippen molar-refractivity contribution in [1.29, 1.82) is 0 Å². The van der Waals surface area contributed by atoms with Crippen LogP contribution in [-0.4, -0.2) is 81.3 Å². The Kier molecular flexibility index (Phi) is 10.8. The van der Waals surface area contributed by atoms with Crippen molar-refractivity contribution in [2.75, 3.05) is 50.0 Å². The predicted molar refractivity (Wildman–Crippen MR) is 169 cm³/mol. The van der Waals surface area contributed by atoms with E-state index in [1.807, 2.05) is 43.3 Å². The summed E-state index contributed by atoms with van der Waals surface area (Å²) in [6.45, 7) is 6.49. The number of rotatable bonds is 16. The van der Waals surface area contributed by atoms with Gasteiger partial charge in [0.1, 0.15) is 17.7 Å². The summed E-state index contributed by atoms with van der Waals surface area (Å²) in [7, 11) is 0. The molecule has 0 radical (unpaired) electrons. The second kappa shape index (κ2) is 15.4. The van der Waals surface area contributed by atoms with Crippen LogP contribution in [0.25, 0.3) is 22.3 Å². The van der Waals surface area contributed by atoms with Gasteiger partial charge in [-0.3, -0.25) is 4.98 Å². The van der Waals surface area contributed by atoms with Gasteiger partial charge in [-0.2, -0.15) is 0 Å². The fourth-order valence-electron chi connectivity index (χ4n) is 5.37. The van der Waals surface area contributed by atoms with E-state index >= 15 is 0 Å². The van der Waals surface area contributed by atoms with Crippen LogP contribution in [0.4, 0.5) is 11.6 Å². The average molecular weight is 584 g/mol. The minimum Gasteiger partial charge on any atom is -0.480 e. The molecule has 43 heavy (non-hydrogen) atoms. The largest absolute Gasteiger partial charge is 0.480 e. The van der Waals surface area contributed by atoms with Gasteiger partial charge >= 0.3 is 5.97 Å². The van der Waals surface area contributed by atoms with E-state index in [1.54, 1.807) is 12.4 Å². The quantitative estimate of drug-likeness (QED) is 0.154. The van der Waals surface area contributed by atoms with Crippen molar-refractivity contribution in [3.8, 4) is 11.4 Å². The number of benzene rings is 1. The van der Waals surface area contributed by atoms with E-state index in [4.69, 9.17) is 19.7 Å². The molecular formula is C33H41N7O3. The van der Waals surface area contributed by atoms with Crippen LogP contribution in [-0.2, 0) is 22.4 Å². The molecule has 10 nitrogen and oxygen atoms in total. The van der Waals surface area contributed by atoms with Crippen LogP contribution < -0.4 is 10.6 Å². The van der Waals surface area contributed by atoms with Gasteiger partial charge in [-0.05, 0) is 87.9 Å². The lowest BCUT2D eigenvalue weighted by Gasteiger charge is -2.25. The van der Waals surface area contributed by atoms with Gasteiger partial charge in [0.05, 0.1) is 12.1 Å². The lowest BCUT2D eigenvalue weighted by molar-refractivity contribution is -0.138. The molecule has 1 aliphatic rings. The van der Waals surface area contributed by atoms with Gasteiger partial charge in [0.25, 0.3) is 0 Å². The Morgan fingerprint density at radius 1 is 1.07 bits per heavy atom. The number of unbranched alkanes of at least 4 members (excludes halogenated alkanes) is 1. The normalized spacial score (nSPS) is 13.4. The van der Waals surface area contributed by atoms with Crippen LogP contribution in [0.1, 0.15) is 43.9 Å². The molecule has 1 unspecified atom stereocenters. The first-order valence-corrected chi connectivity index (χ1v) is 15.3. The number of nitrogens with one attached hydrogen (secondary N) is 2. The summed E-state index contributed by atoms with van der Waals surface area (Å²) in [4.78, 5) is 33.1. The Bertz CT molecular complexity index is 1480. The maximum Gasteiger partial charge on any atom is 0.326 e. The average Bonchev–Trinajstić information content (AvgIpc) is 3.04. The fourth-order valence-corrected chi connectivity index (χ4v) is 5.37. The van der Waals surface area contributed by atoms with Gasteiger partial charge in [0.2, 0.25) is 0 Å². The molecule has 3 N–H and O–H groups in total. The van der Waals surface area contributed by atoms with Crippen LogP contribution >= 0.6 is 0 Å². The summed E-state index contributed by atoms with van der Waals surface area (Å²) in [5.41, 5.74) is 3.94. The summed E-state index contributed by atoms with van der Waals surface area (Å²) in [5, 5.41) is 17.6. The van der Waals surface area contributed by atoms with Crippen molar-refractivity contribution in [1.82, 2.24) is 24.8 Å². The number of para-hydroxylation sites is 1. The summed E-state index contributed by atoms with van der Waals surface area (Å²) in [5.74, 6) is 1.13. The molecule has 4 aromatic rings. The Morgan fingerprint density at radius 2 is 1.98 bits per heavy atom. The second-order valence-electron chi connectivity index (χ2n) is 10.8. The molecule has 0 aliphatic carbocycles. The van der Waals surface area contributed by atoms with Crippen molar-refractivity contribution < 1.29 is 14.6 Å². The molecule has 0 fully saturated rings. The van der Waals surface area contributed by atoms with E-state index < -0.39 is 12.0 Å². The number of fused-ring (bicyclic) bond motifs is 2. The summed E-state index contributed by atoms with van der Waals surface area (Å²) in [6.07, 6.45) is 9.01. The van der Waals surface area contributed by atoms with Gasteiger partial charge < -0.3 is 25.4 Å². The van der Waals surface area contributed by atoms with Gasteiger partial charge in [-0.15, -0.1) is 0 Å². The van der Waals surface area contributed by atoms with Crippen molar-refractivity contribution in [3.63, 3.8) is 0 Å². The van der Waals surface area contributed by atoms with Crippen molar-refractivity contribution in [2.24, 2.45) is 0 Å². The van der Waals surface area contributed by atoms with Crippen LogP contribution in [0.3, 0.4) is 0 Å². The predicted octanol–water partition coefficient (Wildman–Crippen LogP) is 5.06. The number of aryl methyl sites for hydroxylation is 2. The van der Waals surface area contributed by atoms with Gasteiger partial charge in [0, 0.05) is 55.3 Å². The molecule has 1 atom stereocenters. The first-order chi connectivity index (χ1) is 21.1. The number of ether oxygens (including phenoxy) is 1. The highest BCUT2D eigenvalue weighted by Crippen LogP contribution is 2.26. The highest BCUT2D eigenvalue weighted by molar-refractivity contribution is 5.92. The zero-order chi connectivity index (χ0) is 29.9. The molecular weight excluding hydrogens is 542 g/mol. The first kappa shape index (κ1) is 30.3. The van der Waals surface area contributed by atoms with E-state index in [9.17, 15) is 9.90 Å². The molecule has 1 aromatic carbocycles. The van der Waals surface area contributed by atoms with Crippen molar-refractivity contribution in [2.45, 2.75) is 51.5 Å². The monoisotopic (exact) mass is 583 g/mol. The highest BCUT2D eigenvalue weighted by atomic mass is 16.5. The lowest BCUT2D eigenvalue weighted by atomic mass is 10.1. The standard InChI is InChI=1S/C33H41N7O3/c1-2-43-22-21-40(19-6-5-11-26-15-14-24-9-8-18-35-30(24)36-26)20-16-29(33(41)42)38-32-27-12-3-4-13-28(27)37-31(39-32)25-10-7-17-34-23-25/h3-4,7,10,12-15,17,23,29H,2,5-6,8-9,11,16,18-22H2,1H3,(H,35,36)(H,41,42)(H,37,38,39). The fraction of sp³-hybridized carbons (Fsp3) is 0.424. The maximum absolute atomic E-state index is 12.4. The summed E-state index contributed by atoms with van der Waals surface area (Å²) < 4.78 is 5.63. The van der Waals surface area contributed by atoms with Crippen LogP contribution in [0.2, 0.25) is 0 Å². The SMILES string of the molecule is CCOCCN(CCCCc1ccc2c(n1)NCCC2)CCC(Nc1nc(-c2cccnc2)nc2ccccc12)C(=O)O. The maximum atomic E-state index is 12.4. The van der Waals surface area contributed by atoms with Crippen molar-refractivity contribution in [3.05, 3.63) is 72.2 Å². The minimum atomic E-state index is -0.914. The number of hydrogen-bond donors (Lipinski definition) is 3.